The summed E-state index contributed by atoms with van der Waals surface area (Å²) in [5.74, 6) is -1.32. The summed E-state index contributed by atoms with van der Waals surface area (Å²) in [5, 5.41) is 11.3. The second kappa shape index (κ2) is 4.69. The van der Waals surface area contributed by atoms with Crippen molar-refractivity contribution in [3.05, 3.63) is 0 Å². The Balaban J connectivity index is 2.54. The zero-order valence-corrected chi connectivity index (χ0v) is 8.77. The summed E-state index contributed by atoms with van der Waals surface area (Å²) >= 11 is 0. The van der Waals surface area contributed by atoms with E-state index in [0.29, 0.717) is 0 Å². The smallest absolute Gasteiger partial charge is 0.323 e. The first kappa shape index (κ1) is 12.1. The summed E-state index contributed by atoms with van der Waals surface area (Å²) in [7, 11) is 0. The van der Waals surface area contributed by atoms with Crippen molar-refractivity contribution in [3.63, 3.8) is 0 Å². The van der Waals surface area contributed by atoms with E-state index in [0.717, 1.165) is 0 Å². The zero-order chi connectivity index (χ0) is 11.6. The normalized spacial score (nSPS) is 28.0. The van der Waals surface area contributed by atoms with Gasteiger partial charge in [-0.1, -0.05) is 13.8 Å². The van der Waals surface area contributed by atoms with Crippen molar-refractivity contribution in [1.82, 2.24) is 5.32 Å². The number of carbonyl (C=O) groups excluding carboxylic acids is 1. The highest BCUT2D eigenvalue weighted by Crippen LogP contribution is 2.09. The van der Waals surface area contributed by atoms with E-state index >= 15 is 0 Å². The fourth-order valence-corrected chi connectivity index (χ4v) is 1.28. The molecule has 0 amide bonds. The average Bonchev–Trinajstić information content (AvgIpc) is 2.64. The van der Waals surface area contributed by atoms with Crippen molar-refractivity contribution < 1.29 is 19.4 Å². The number of carboxylic acid groups (broad SMARTS) is 1. The van der Waals surface area contributed by atoms with Crippen molar-refractivity contribution in [2.45, 2.75) is 32.2 Å². The molecular weight excluding hydrogens is 200 g/mol. The number of ether oxygens (including phenoxy) is 1. The molecule has 0 spiro atoms. The first-order valence-corrected chi connectivity index (χ1v) is 4.83. The van der Waals surface area contributed by atoms with Gasteiger partial charge in [-0.15, -0.1) is 0 Å². The molecule has 0 bridgehead atoms. The summed E-state index contributed by atoms with van der Waals surface area (Å²) in [6.45, 7) is 3.65. The van der Waals surface area contributed by atoms with Crippen LogP contribution in [0.1, 0.15) is 13.8 Å². The fraction of sp³-hybridized carbons (Fsp3) is 0.778. The lowest BCUT2D eigenvalue weighted by Crippen LogP contribution is -2.48. The molecule has 0 saturated carbocycles. The average molecular weight is 216 g/mol. The van der Waals surface area contributed by atoms with Crippen LogP contribution in [0, 0.1) is 5.92 Å². The molecule has 86 valence electrons. The molecule has 15 heavy (non-hydrogen) atoms. The molecule has 0 aliphatic carbocycles. The van der Waals surface area contributed by atoms with Gasteiger partial charge in [-0.3, -0.25) is 14.9 Å². The molecular formula is C9H16N2O4. The molecule has 1 rings (SSSR count). The summed E-state index contributed by atoms with van der Waals surface area (Å²) in [4.78, 5) is 22.2. The molecule has 0 aromatic carbocycles. The Kier molecular flexibility index (Phi) is 3.78. The zero-order valence-electron chi connectivity index (χ0n) is 8.77. The van der Waals surface area contributed by atoms with Crippen LogP contribution in [-0.4, -0.2) is 41.8 Å². The highest BCUT2D eigenvalue weighted by Gasteiger charge is 2.36. The maximum absolute atomic E-state index is 11.6. The van der Waals surface area contributed by atoms with Crippen molar-refractivity contribution >= 4 is 11.8 Å². The number of carboxylic acids is 1. The van der Waals surface area contributed by atoms with Gasteiger partial charge in [0.25, 0.3) is 0 Å². The standard InChI is InChI=1S/C9H16N2O4/c1-4(2)6(10)7(12)8-11-5(3-15-8)9(13)14/h4-6,8,11H,3,10H2,1-2H3,(H,13,14)/t5?,6-,8?/m0/s1. The van der Waals surface area contributed by atoms with E-state index in [1.165, 1.54) is 0 Å². The SMILES string of the molecule is CC(C)[C@H](N)C(=O)C1NC(C(=O)O)CO1. The maximum atomic E-state index is 11.6. The van der Waals surface area contributed by atoms with Crippen molar-refractivity contribution in [3.8, 4) is 0 Å². The Morgan fingerprint density at radius 2 is 2.13 bits per heavy atom. The van der Waals surface area contributed by atoms with Crippen LogP contribution in [0.15, 0.2) is 0 Å². The molecule has 6 heteroatoms. The van der Waals surface area contributed by atoms with E-state index in [4.69, 9.17) is 15.6 Å². The van der Waals surface area contributed by atoms with Gasteiger partial charge in [0.2, 0.25) is 0 Å². The number of aliphatic carboxylic acids is 1. The number of nitrogens with one attached hydrogen (secondary N) is 1. The van der Waals surface area contributed by atoms with Crippen LogP contribution >= 0.6 is 0 Å². The first-order chi connectivity index (χ1) is 6.93. The van der Waals surface area contributed by atoms with Gasteiger partial charge in [0.1, 0.15) is 6.04 Å². The molecule has 4 N–H and O–H groups in total. The van der Waals surface area contributed by atoms with Gasteiger partial charge in [0, 0.05) is 0 Å². The largest absolute Gasteiger partial charge is 0.480 e. The van der Waals surface area contributed by atoms with Gasteiger partial charge in [0.15, 0.2) is 12.0 Å². The van der Waals surface area contributed by atoms with Crippen LogP contribution in [0.4, 0.5) is 0 Å². The highest BCUT2D eigenvalue weighted by atomic mass is 16.5. The minimum Gasteiger partial charge on any atom is -0.480 e. The molecule has 1 aliphatic rings. The molecule has 1 heterocycles. The van der Waals surface area contributed by atoms with Crippen LogP contribution in [-0.2, 0) is 14.3 Å². The number of hydrogen-bond donors (Lipinski definition) is 3. The molecule has 1 saturated heterocycles. The second-order valence-electron chi connectivity index (χ2n) is 3.94. The number of nitrogens with two attached hydrogens (primary N) is 1. The molecule has 3 atom stereocenters. The lowest BCUT2D eigenvalue weighted by molar-refractivity contribution is -0.139. The monoisotopic (exact) mass is 216 g/mol. The predicted molar refractivity (Wildman–Crippen MR) is 52.1 cm³/mol. The van der Waals surface area contributed by atoms with Gasteiger partial charge in [-0.25, -0.2) is 0 Å². The van der Waals surface area contributed by atoms with Gasteiger partial charge in [-0.2, -0.15) is 0 Å². The van der Waals surface area contributed by atoms with Crippen LogP contribution in [0.2, 0.25) is 0 Å². The van der Waals surface area contributed by atoms with Crippen molar-refractivity contribution in [2.75, 3.05) is 6.61 Å². The van der Waals surface area contributed by atoms with E-state index in [2.05, 4.69) is 5.32 Å². The second-order valence-corrected chi connectivity index (χ2v) is 3.94. The quantitative estimate of drug-likeness (QED) is 0.553. The number of Topliss-reactive ketones (excluding diaryl/α,β-unsaturated/α-hetero) is 1. The topological polar surface area (TPSA) is 102 Å². The minimum absolute atomic E-state index is 0.00342. The lowest BCUT2D eigenvalue weighted by atomic mass is 10.00. The molecule has 2 unspecified atom stereocenters. The third kappa shape index (κ3) is 2.74. The summed E-state index contributed by atoms with van der Waals surface area (Å²) in [6, 6.07) is -1.45. The van der Waals surface area contributed by atoms with Crippen molar-refractivity contribution in [2.24, 2.45) is 11.7 Å². The molecule has 1 fully saturated rings. The maximum Gasteiger partial charge on any atom is 0.323 e. The van der Waals surface area contributed by atoms with Crippen LogP contribution in [0.3, 0.4) is 0 Å². The van der Waals surface area contributed by atoms with E-state index in [-0.39, 0.29) is 18.3 Å². The molecule has 6 nitrogen and oxygen atoms in total. The fourth-order valence-electron chi connectivity index (χ4n) is 1.28. The number of carbonyl (C=O) groups is 2. The Morgan fingerprint density at radius 1 is 1.53 bits per heavy atom. The molecule has 0 aromatic rings. The predicted octanol–water partition coefficient (Wildman–Crippen LogP) is -1.06. The van der Waals surface area contributed by atoms with Crippen LogP contribution in [0.25, 0.3) is 0 Å². The van der Waals surface area contributed by atoms with Crippen molar-refractivity contribution in [1.29, 1.82) is 0 Å². The van der Waals surface area contributed by atoms with E-state index in [1.807, 2.05) is 13.8 Å². The molecule has 1 aliphatic heterocycles. The summed E-state index contributed by atoms with van der Waals surface area (Å²) in [6.07, 6.45) is -0.886. The van der Waals surface area contributed by atoms with Crippen LogP contribution in [0.5, 0.6) is 0 Å². The van der Waals surface area contributed by atoms with Gasteiger partial charge in [-0.05, 0) is 5.92 Å². The van der Waals surface area contributed by atoms with Crippen LogP contribution < -0.4 is 11.1 Å². The minimum atomic E-state index is -1.02. The Bertz CT molecular complexity index is 267. The van der Waals surface area contributed by atoms with E-state index in [9.17, 15) is 9.59 Å². The van der Waals surface area contributed by atoms with Gasteiger partial charge < -0.3 is 15.6 Å². The summed E-state index contributed by atoms with van der Waals surface area (Å²) < 4.78 is 5.04. The van der Waals surface area contributed by atoms with E-state index in [1.54, 1.807) is 0 Å². The Hall–Kier alpha value is -0.980. The Morgan fingerprint density at radius 3 is 2.53 bits per heavy atom. The van der Waals surface area contributed by atoms with Gasteiger partial charge >= 0.3 is 5.97 Å². The van der Waals surface area contributed by atoms with E-state index < -0.39 is 24.3 Å². The number of ketones is 1. The summed E-state index contributed by atoms with van der Waals surface area (Å²) in [5.41, 5.74) is 5.64. The lowest BCUT2D eigenvalue weighted by Gasteiger charge is -2.18. The Labute approximate surface area is 87.8 Å². The number of hydrogen-bond acceptors (Lipinski definition) is 5. The van der Waals surface area contributed by atoms with Gasteiger partial charge in [0.05, 0.1) is 12.6 Å². The third-order valence-electron chi connectivity index (χ3n) is 2.39. The molecule has 0 radical (unpaired) electrons. The first-order valence-electron chi connectivity index (χ1n) is 4.83. The molecule has 0 aromatic heterocycles. The highest BCUT2D eigenvalue weighted by molar-refractivity contribution is 5.89. The number of rotatable bonds is 4. The third-order valence-corrected chi connectivity index (χ3v) is 2.39.